The van der Waals surface area contributed by atoms with Crippen molar-refractivity contribution in [2.75, 3.05) is 32.8 Å². The molecule has 0 radical (unpaired) electrons. The van der Waals surface area contributed by atoms with Crippen LogP contribution in [-0.4, -0.2) is 74.2 Å². The molecule has 0 bridgehead atoms. The average molecular weight is 585 g/mol. The minimum absolute atomic E-state index is 0.0566. The Balaban J connectivity index is 1.30. The first kappa shape index (κ1) is 27.6. The Hall–Kier alpha value is -4.59. The fourth-order valence-electron chi connectivity index (χ4n) is 5.36. The van der Waals surface area contributed by atoms with E-state index in [0.29, 0.717) is 22.0 Å². The Morgan fingerprint density at radius 3 is 2.43 bits per heavy atom. The predicted molar refractivity (Wildman–Crippen MR) is 140 cm³/mol. The summed E-state index contributed by atoms with van der Waals surface area (Å²) >= 11 is 0. The van der Waals surface area contributed by atoms with E-state index in [9.17, 15) is 31.9 Å². The first-order valence-electron chi connectivity index (χ1n) is 13.2. The van der Waals surface area contributed by atoms with Crippen molar-refractivity contribution in [1.82, 2.24) is 29.5 Å². The largest absolute Gasteiger partial charge is 0.449 e. The fraction of sp³-hybridized carbons (Fsp3) is 0.321. The van der Waals surface area contributed by atoms with Gasteiger partial charge in [-0.15, -0.1) is 0 Å². The molecule has 0 spiro atoms. The molecule has 10 nitrogen and oxygen atoms in total. The molecule has 0 unspecified atom stereocenters. The lowest BCUT2D eigenvalue weighted by molar-refractivity contribution is -0.147. The molecule has 2 aliphatic rings. The monoisotopic (exact) mass is 584 g/mol. The summed E-state index contributed by atoms with van der Waals surface area (Å²) in [5.74, 6) is -3.43. The number of halogens is 4. The molecular formula is C28H24F4N6O4. The van der Waals surface area contributed by atoms with Gasteiger partial charge < -0.3 is 19.1 Å². The Morgan fingerprint density at radius 2 is 1.69 bits per heavy atom. The summed E-state index contributed by atoms with van der Waals surface area (Å²) in [6, 6.07) is 10.9. The van der Waals surface area contributed by atoms with Crippen molar-refractivity contribution in [3.8, 4) is 0 Å². The van der Waals surface area contributed by atoms with Crippen LogP contribution in [0.2, 0.25) is 0 Å². The van der Waals surface area contributed by atoms with Crippen LogP contribution in [0, 0.1) is 5.82 Å². The number of amides is 2. The predicted octanol–water partition coefficient (Wildman–Crippen LogP) is 3.00. The van der Waals surface area contributed by atoms with E-state index in [2.05, 4.69) is 15.2 Å². The summed E-state index contributed by atoms with van der Waals surface area (Å²) in [4.78, 5) is 45.1. The molecule has 0 aliphatic carbocycles. The molecule has 42 heavy (non-hydrogen) atoms. The number of hydrogen-bond acceptors (Lipinski definition) is 6. The summed E-state index contributed by atoms with van der Waals surface area (Å²) < 4.78 is 62.6. The molecule has 218 valence electrons. The molecule has 4 heterocycles. The number of imidazole rings is 1. The maximum Gasteiger partial charge on any atom is 0.449 e. The second-order valence-electron chi connectivity index (χ2n) is 10.0. The molecule has 4 aromatic rings. The van der Waals surface area contributed by atoms with E-state index in [1.165, 1.54) is 21.9 Å². The van der Waals surface area contributed by atoms with Gasteiger partial charge in [0.1, 0.15) is 5.82 Å². The number of nitrogens with one attached hydrogen (secondary N) is 1. The van der Waals surface area contributed by atoms with Crippen molar-refractivity contribution in [3.63, 3.8) is 0 Å². The van der Waals surface area contributed by atoms with Gasteiger partial charge in [0, 0.05) is 38.0 Å². The van der Waals surface area contributed by atoms with E-state index in [0.717, 1.165) is 10.6 Å². The topological polar surface area (TPSA) is 113 Å². The highest BCUT2D eigenvalue weighted by Gasteiger charge is 2.42. The van der Waals surface area contributed by atoms with E-state index in [1.807, 2.05) is 0 Å². The minimum Gasteiger partial charge on any atom is -0.378 e. The Bertz CT molecular complexity index is 1760. The fourth-order valence-corrected chi connectivity index (χ4v) is 5.36. The van der Waals surface area contributed by atoms with Gasteiger partial charge in [0.2, 0.25) is 5.82 Å². The minimum atomic E-state index is -4.81. The van der Waals surface area contributed by atoms with Crippen LogP contribution in [0.15, 0.2) is 47.3 Å². The highest BCUT2D eigenvalue weighted by molar-refractivity contribution is 5.96. The number of benzene rings is 2. The second kappa shape index (κ2) is 10.7. The summed E-state index contributed by atoms with van der Waals surface area (Å²) in [5, 5.41) is 7.62. The molecule has 6 rings (SSSR count). The van der Waals surface area contributed by atoms with Gasteiger partial charge in [0.15, 0.2) is 5.69 Å². The van der Waals surface area contributed by atoms with Crippen molar-refractivity contribution < 1.29 is 31.9 Å². The highest BCUT2D eigenvalue weighted by atomic mass is 19.4. The summed E-state index contributed by atoms with van der Waals surface area (Å²) in [6.45, 7) is 0.124. The lowest BCUT2D eigenvalue weighted by Crippen LogP contribution is -2.43. The van der Waals surface area contributed by atoms with Gasteiger partial charge in [-0.1, -0.05) is 24.3 Å². The van der Waals surface area contributed by atoms with Gasteiger partial charge >= 0.3 is 6.18 Å². The van der Waals surface area contributed by atoms with Crippen LogP contribution < -0.4 is 5.56 Å². The summed E-state index contributed by atoms with van der Waals surface area (Å²) in [7, 11) is 0. The summed E-state index contributed by atoms with van der Waals surface area (Å²) in [5.41, 5.74) is -0.0111. The lowest BCUT2D eigenvalue weighted by atomic mass is 10.0. The van der Waals surface area contributed by atoms with E-state index in [4.69, 9.17) is 4.74 Å². The number of alkyl halides is 3. The van der Waals surface area contributed by atoms with E-state index in [1.54, 1.807) is 24.3 Å². The van der Waals surface area contributed by atoms with Gasteiger partial charge in [-0.2, -0.15) is 18.3 Å². The molecule has 2 aliphatic heterocycles. The quantitative estimate of drug-likeness (QED) is 0.369. The number of aromatic amines is 1. The van der Waals surface area contributed by atoms with Crippen molar-refractivity contribution in [3.05, 3.63) is 92.7 Å². The first-order chi connectivity index (χ1) is 20.1. The number of nitrogens with zero attached hydrogens (tertiary/aromatic N) is 5. The normalized spacial score (nSPS) is 15.6. The number of ether oxygens (including phenoxy) is 1. The number of H-pyrrole nitrogens is 1. The molecule has 1 N–H and O–H groups in total. The molecule has 0 atom stereocenters. The van der Waals surface area contributed by atoms with Crippen molar-refractivity contribution >= 4 is 22.6 Å². The van der Waals surface area contributed by atoms with E-state index in [-0.39, 0.29) is 74.9 Å². The number of carbonyl (C=O) groups excluding carboxylic acids is 2. The molecule has 2 aromatic heterocycles. The van der Waals surface area contributed by atoms with Crippen LogP contribution in [0.3, 0.4) is 0 Å². The first-order valence-corrected chi connectivity index (χ1v) is 13.2. The smallest absolute Gasteiger partial charge is 0.378 e. The number of fused-ring (bicyclic) bond motifs is 2. The van der Waals surface area contributed by atoms with Gasteiger partial charge in [-0.05, 0) is 23.8 Å². The van der Waals surface area contributed by atoms with E-state index >= 15 is 0 Å². The molecule has 2 aromatic carbocycles. The molecule has 1 fully saturated rings. The Kier molecular flexibility index (Phi) is 7.01. The van der Waals surface area contributed by atoms with Gasteiger partial charge in [-0.25, -0.2) is 14.5 Å². The number of morpholine rings is 1. The molecule has 0 saturated carbocycles. The number of hydrogen-bond donors (Lipinski definition) is 1. The third kappa shape index (κ3) is 5.02. The van der Waals surface area contributed by atoms with Crippen molar-refractivity contribution in [2.24, 2.45) is 0 Å². The van der Waals surface area contributed by atoms with E-state index < -0.39 is 29.6 Å². The zero-order chi connectivity index (χ0) is 29.6. The average Bonchev–Trinajstić information content (AvgIpc) is 3.39. The number of rotatable bonds is 4. The van der Waals surface area contributed by atoms with Crippen LogP contribution in [-0.2, 0) is 30.4 Å². The third-order valence-corrected chi connectivity index (χ3v) is 7.46. The van der Waals surface area contributed by atoms with Crippen LogP contribution >= 0.6 is 0 Å². The highest BCUT2D eigenvalue weighted by Crippen LogP contribution is 2.33. The molecule has 14 heteroatoms. The third-order valence-electron chi connectivity index (χ3n) is 7.46. The molecule has 1 saturated heterocycles. The molecule has 2 amide bonds. The van der Waals surface area contributed by atoms with Crippen LogP contribution in [0.1, 0.15) is 43.6 Å². The second-order valence-corrected chi connectivity index (χ2v) is 10.0. The Morgan fingerprint density at radius 1 is 0.952 bits per heavy atom. The van der Waals surface area contributed by atoms with Crippen molar-refractivity contribution in [2.45, 2.75) is 25.7 Å². The van der Waals surface area contributed by atoms with Crippen LogP contribution in [0.5, 0.6) is 0 Å². The standard InChI is InChI=1S/C28H24F4N6O4/c29-20-6-5-16(14-21-17-3-1-2-4-18(17)24(39)35-34-21)13-19(20)25(40)37-7-8-38-22(15-37)23(33-27(38)28(30,31)32)26(41)36-9-11-42-12-10-36/h1-6,13H,7-12,14-15H2,(H,35,39). The maximum absolute atomic E-state index is 15.0. The van der Waals surface area contributed by atoms with Crippen molar-refractivity contribution in [1.29, 1.82) is 0 Å². The zero-order valence-electron chi connectivity index (χ0n) is 22.1. The maximum atomic E-state index is 15.0. The summed E-state index contributed by atoms with van der Waals surface area (Å²) in [6.07, 6.45) is -4.64. The van der Waals surface area contributed by atoms with Gasteiger partial charge in [-0.3, -0.25) is 14.4 Å². The Labute approximate surface area is 235 Å². The van der Waals surface area contributed by atoms with Crippen LogP contribution in [0.4, 0.5) is 17.6 Å². The zero-order valence-corrected chi connectivity index (χ0v) is 22.1. The number of aromatic nitrogens is 4. The van der Waals surface area contributed by atoms with Gasteiger partial charge in [0.25, 0.3) is 17.4 Å². The number of carbonyl (C=O) groups is 2. The lowest BCUT2D eigenvalue weighted by Gasteiger charge is -2.31. The SMILES string of the molecule is O=C(c1cc(Cc2n[nH]c(=O)c3ccccc23)ccc1F)N1CCn2c(C(F)(F)F)nc(C(=O)N3CCOCC3)c2C1. The van der Waals surface area contributed by atoms with Gasteiger partial charge in [0.05, 0.1) is 42.1 Å². The van der Waals surface area contributed by atoms with Crippen LogP contribution in [0.25, 0.3) is 10.8 Å². The molecular weight excluding hydrogens is 560 g/mol.